The van der Waals surface area contributed by atoms with E-state index in [4.69, 9.17) is 19.4 Å². The van der Waals surface area contributed by atoms with Crippen molar-refractivity contribution in [1.29, 1.82) is 0 Å². The highest BCUT2D eigenvalue weighted by Gasteiger charge is 2.49. The Hall–Kier alpha value is -6.27. The SMILES string of the molecule is CC(C)(C)c1cc2c3c(n1)Oc1ccccc1B3c1cc3c(cc1N2c1ccccc1)N(c1ccc2c(c1)C(C)(C)CCC2(C)C)c1cc(C(C)(C)C)nc2c1B3c1ccccc1O2. The number of nitrogens with zero attached hydrogens (tertiary/aromatic N) is 4. The van der Waals surface area contributed by atoms with Gasteiger partial charge in [0.25, 0.3) is 13.4 Å². The maximum absolute atomic E-state index is 6.93. The molecular formula is C56H54B2N4O2. The number of fused-ring (bicyclic) bond motifs is 9. The van der Waals surface area contributed by atoms with E-state index in [0.29, 0.717) is 11.8 Å². The normalized spacial score (nSPS) is 16.8. The predicted octanol–water partition coefficient (Wildman–Crippen LogP) is 10.2. The zero-order valence-corrected chi connectivity index (χ0v) is 38.7. The second kappa shape index (κ2) is 13.2. The fraction of sp³-hybridized carbons (Fsp3) is 0.286. The van der Waals surface area contributed by atoms with E-state index in [1.807, 2.05) is 0 Å². The fourth-order valence-electron chi connectivity index (χ4n) is 11.2. The average Bonchev–Trinajstić information content (AvgIpc) is 3.26. The summed E-state index contributed by atoms with van der Waals surface area (Å²) in [4.78, 5) is 15.7. The number of pyridine rings is 2. The molecule has 0 radical (unpaired) electrons. The highest BCUT2D eigenvalue weighted by molar-refractivity contribution is 7.02. The number of para-hydroxylation sites is 3. The van der Waals surface area contributed by atoms with E-state index in [9.17, 15) is 0 Å². The van der Waals surface area contributed by atoms with Gasteiger partial charge in [-0.15, -0.1) is 0 Å². The van der Waals surface area contributed by atoms with E-state index in [2.05, 4.69) is 200 Å². The molecule has 0 atom stereocenters. The Balaban J connectivity index is 1.22. The van der Waals surface area contributed by atoms with Gasteiger partial charge in [0.1, 0.15) is 11.5 Å². The lowest BCUT2D eigenvalue weighted by molar-refractivity contribution is 0.332. The summed E-state index contributed by atoms with van der Waals surface area (Å²) < 4.78 is 13.8. The third-order valence-electron chi connectivity index (χ3n) is 14.9. The van der Waals surface area contributed by atoms with Crippen molar-refractivity contribution in [3.63, 3.8) is 0 Å². The molecule has 4 aliphatic heterocycles. The van der Waals surface area contributed by atoms with Gasteiger partial charge in [-0.1, -0.05) is 136 Å². The molecule has 0 bridgehead atoms. The quantitative estimate of drug-likeness (QED) is 0.162. The smallest absolute Gasteiger partial charge is 0.258 e. The Bertz CT molecular complexity index is 3130. The first kappa shape index (κ1) is 39.3. The average molecular weight is 837 g/mol. The Morgan fingerprint density at radius 2 is 0.938 bits per heavy atom. The second-order valence-electron chi connectivity index (χ2n) is 22.1. The molecule has 6 nitrogen and oxygen atoms in total. The molecule has 6 heterocycles. The van der Waals surface area contributed by atoms with E-state index in [1.165, 1.54) is 22.1 Å². The molecule has 64 heavy (non-hydrogen) atoms. The minimum atomic E-state index is -0.230. The third kappa shape index (κ3) is 5.66. The monoisotopic (exact) mass is 836 g/mol. The molecule has 0 spiro atoms. The van der Waals surface area contributed by atoms with Crippen molar-refractivity contribution in [3.8, 4) is 23.3 Å². The minimum Gasteiger partial charge on any atom is -0.440 e. The van der Waals surface area contributed by atoms with Crippen molar-refractivity contribution in [2.45, 2.75) is 104 Å². The molecule has 2 aromatic heterocycles. The molecular weight excluding hydrogens is 782 g/mol. The van der Waals surface area contributed by atoms with Gasteiger partial charge in [0.05, 0.1) is 11.4 Å². The lowest BCUT2D eigenvalue weighted by Gasteiger charge is -2.45. The van der Waals surface area contributed by atoms with Crippen LogP contribution in [0.5, 0.6) is 23.3 Å². The number of ether oxygens (including phenoxy) is 2. The van der Waals surface area contributed by atoms with Crippen molar-refractivity contribution in [2.24, 2.45) is 0 Å². The molecule has 5 aliphatic rings. The Morgan fingerprint density at radius 1 is 0.469 bits per heavy atom. The molecule has 0 N–H and O–H groups in total. The molecule has 0 saturated carbocycles. The highest BCUT2D eigenvalue weighted by Crippen LogP contribution is 2.51. The summed E-state index contributed by atoms with van der Waals surface area (Å²) in [5.74, 6) is 3.08. The van der Waals surface area contributed by atoms with Crippen LogP contribution < -0.4 is 52.1 Å². The molecule has 0 amide bonds. The lowest BCUT2D eigenvalue weighted by Crippen LogP contribution is -2.64. The molecule has 8 heteroatoms. The lowest BCUT2D eigenvalue weighted by atomic mass is 9.31. The number of benzene rings is 5. The van der Waals surface area contributed by atoms with Gasteiger partial charge in [0.2, 0.25) is 11.8 Å². The zero-order chi connectivity index (χ0) is 44.2. The van der Waals surface area contributed by atoms with Gasteiger partial charge in [-0.3, -0.25) is 0 Å². The molecule has 0 unspecified atom stereocenters. The first-order chi connectivity index (χ1) is 30.5. The van der Waals surface area contributed by atoms with Crippen LogP contribution in [0.25, 0.3) is 0 Å². The van der Waals surface area contributed by atoms with Crippen LogP contribution >= 0.6 is 0 Å². The van der Waals surface area contributed by atoms with Crippen molar-refractivity contribution in [1.82, 2.24) is 9.97 Å². The first-order valence-corrected chi connectivity index (χ1v) is 23.1. The number of anilines is 6. The highest BCUT2D eigenvalue weighted by atomic mass is 16.5. The van der Waals surface area contributed by atoms with Crippen LogP contribution in [-0.2, 0) is 21.7 Å². The summed E-state index contributed by atoms with van der Waals surface area (Å²) in [6.07, 6.45) is 2.30. The van der Waals surface area contributed by atoms with Crippen molar-refractivity contribution in [2.75, 3.05) is 9.80 Å². The molecule has 1 aliphatic carbocycles. The van der Waals surface area contributed by atoms with Crippen LogP contribution in [0.1, 0.15) is 105 Å². The summed E-state index contributed by atoms with van der Waals surface area (Å²) >= 11 is 0. The summed E-state index contributed by atoms with van der Waals surface area (Å²) in [5, 5.41) is 0. The zero-order valence-electron chi connectivity index (χ0n) is 38.7. The predicted molar refractivity (Wildman–Crippen MR) is 266 cm³/mol. The van der Waals surface area contributed by atoms with Crippen LogP contribution in [0.3, 0.4) is 0 Å². The number of hydrogen-bond donors (Lipinski definition) is 0. The van der Waals surface area contributed by atoms with E-state index >= 15 is 0 Å². The molecule has 0 saturated heterocycles. The van der Waals surface area contributed by atoms with E-state index < -0.39 is 0 Å². The first-order valence-electron chi connectivity index (χ1n) is 23.1. The third-order valence-corrected chi connectivity index (χ3v) is 14.9. The second-order valence-corrected chi connectivity index (χ2v) is 22.1. The van der Waals surface area contributed by atoms with Gasteiger partial charge in [0.15, 0.2) is 0 Å². The molecule has 12 rings (SSSR count). The molecule has 0 fully saturated rings. The maximum Gasteiger partial charge on any atom is 0.258 e. The van der Waals surface area contributed by atoms with Gasteiger partial charge in [-0.2, -0.15) is 0 Å². The molecule has 316 valence electrons. The summed E-state index contributed by atoms with van der Waals surface area (Å²) in [5.41, 5.74) is 18.2. The van der Waals surface area contributed by atoms with Crippen LogP contribution in [0.15, 0.2) is 121 Å². The summed E-state index contributed by atoms with van der Waals surface area (Å²) in [7, 11) is 0. The summed E-state index contributed by atoms with van der Waals surface area (Å²) in [6, 6.07) is 45.0. The standard InChI is InChI=1S/C56H54B2N4O2/c1-53(2,3)47-31-43-49-51(59-47)63-45-22-16-14-20-37(45)57(49)39-29-40-42(30-41(39)61(43)33-18-12-11-13-19-33)62(34-24-25-35-36(28-34)56(9,10)27-26-55(35,7)8)44-32-48(54(4,5)6)60-52-50(44)58(40)38-21-15-17-23-46(38)64-52/h11-25,28-32H,26-27H2,1-10H3. The van der Waals surface area contributed by atoms with E-state index in [0.717, 1.165) is 91.7 Å². The minimum absolute atomic E-state index is 0.0227. The van der Waals surface area contributed by atoms with Crippen LogP contribution in [0.2, 0.25) is 0 Å². The number of rotatable bonds is 2. The van der Waals surface area contributed by atoms with E-state index in [1.54, 1.807) is 0 Å². The fourth-order valence-corrected chi connectivity index (χ4v) is 11.2. The van der Waals surface area contributed by atoms with Crippen molar-refractivity contribution < 1.29 is 9.47 Å². The Labute approximate surface area is 378 Å². The van der Waals surface area contributed by atoms with Gasteiger partial charge in [-0.05, 0) is 111 Å². The molecule has 5 aromatic carbocycles. The Kier molecular flexibility index (Phi) is 8.08. The van der Waals surface area contributed by atoms with Crippen LogP contribution in [0, 0.1) is 0 Å². The number of hydrogen-bond acceptors (Lipinski definition) is 6. The van der Waals surface area contributed by atoms with Gasteiger partial charge >= 0.3 is 0 Å². The molecule has 7 aromatic rings. The van der Waals surface area contributed by atoms with Crippen LogP contribution in [-0.4, -0.2) is 23.4 Å². The topological polar surface area (TPSA) is 50.7 Å². The van der Waals surface area contributed by atoms with Crippen molar-refractivity contribution >= 4 is 80.3 Å². The van der Waals surface area contributed by atoms with Crippen LogP contribution in [0.4, 0.5) is 34.1 Å². The Morgan fingerprint density at radius 3 is 1.45 bits per heavy atom. The summed E-state index contributed by atoms with van der Waals surface area (Å²) in [6.45, 7) is 22.9. The number of aromatic nitrogens is 2. The maximum atomic E-state index is 6.93. The van der Waals surface area contributed by atoms with E-state index in [-0.39, 0.29) is 35.1 Å². The van der Waals surface area contributed by atoms with Gasteiger partial charge < -0.3 is 19.3 Å². The van der Waals surface area contributed by atoms with Gasteiger partial charge in [0, 0.05) is 55.9 Å². The van der Waals surface area contributed by atoms with Gasteiger partial charge in [-0.25, -0.2) is 9.97 Å². The van der Waals surface area contributed by atoms with Crippen molar-refractivity contribution in [3.05, 3.63) is 144 Å². The largest absolute Gasteiger partial charge is 0.440 e.